The number of hydrogen-bond donors (Lipinski definition) is 1. The molecule has 2 atom stereocenters. The molecule has 108 valence electrons. The second-order valence-corrected chi connectivity index (χ2v) is 5.60. The molecule has 1 N–H and O–H groups in total. The largest absolute Gasteiger partial charge is 0.384 e. The van der Waals surface area contributed by atoms with Crippen molar-refractivity contribution >= 4 is 17.3 Å². The van der Waals surface area contributed by atoms with E-state index in [9.17, 15) is 9.90 Å². The Balaban J connectivity index is 1.82. The Morgan fingerprint density at radius 1 is 1.45 bits per heavy atom. The van der Waals surface area contributed by atoms with Gasteiger partial charge in [0.25, 0.3) is 5.91 Å². The summed E-state index contributed by atoms with van der Waals surface area (Å²) < 4.78 is 5.22. The van der Waals surface area contributed by atoms with Gasteiger partial charge in [0.05, 0.1) is 12.3 Å². The van der Waals surface area contributed by atoms with Crippen LogP contribution in [0, 0.1) is 5.92 Å². The maximum absolute atomic E-state index is 11.8. The third-order valence-electron chi connectivity index (χ3n) is 4.29. The molecule has 0 saturated carbocycles. The first-order valence-corrected chi connectivity index (χ1v) is 6.95. The zero-order valence-corrected chi connectivity index (χ0v) is 11.9. The van der Waals surface area contributed by atoms with Crippen molar-refractivity contribution in [2.75, 3.05) is 43.7 Å². The molecule has 0 bridgehead atoms. The van der Waals surface area contributed by atoms with Crippen molar-refractivity contribution in [1.82, 2.24) is 0 Å². The van der Waals surface area contributed by atoms with E-state index in [1.54, 1.807) is 14.2 Å². The van der Waals surface area contributed by atoms with Gasteiger partial charge in [0.2, 0.25) is 0 Å². The van der Waals surface area contributed by atoms with Gasteiger partial charge >= 0.3 is 0 Å². The summed E-state index contributed by atoms with van der Waals surface area (Å²) in [5.74, 6) is 0.314. The Morgan fingerprint density at radius 2 is 2.25 bits per heavy atom. The number of fused-ring (bicyclic) bond motifs is 1. The van der Waals surface area contributed by atoms with Gasteiger partial charge < -0.3 is 19.6 Å². The minimum absolute atomic E-state index is 0.254. The number of carbonyl (C=O) groups is 1. The number of amides is 1. The highest BCUT2D eigenvalue weighted by molar-refractivity contribution is 6.03. The van der Waals surface area contributed by atoms with Crippen molar-refractivity contribution < 1.29 is 14.6 Å². The number of anilines is 2. The molecule has 2 heterocycles. The first-order valence-electron chi connectivity index (χ1n) is 6.95. The smallest absolute Gasteiger partial charge is 0.260 e. The molecule has 5 heteroatoms. The summed E-state index contributed by atoms with van der Waals surface area (Å²) in [6.07, 6.45) is 0.117. The standard InChI is InChI=1S/C15H20N2O3/c1-16-13-7-11(3-4-12(13)14(18)15(16)19)17-6-5-10(8-17)9-20-2/h3-4,7,10,14,18H,5-6,8-9H2,1-2H3. The predicted octanol–water partition coefficient (Wildman–Crippen LogP) is 1.17. The summed E-state index contributed by atoms with van der Waals surface area (Å²) in [4.78, 5) is 15.6. The van der Waals surface area contributed by atoms with Gasteiger partial charge in [0, 0.05) is 44.4 Å². The number of aliphatic hydroxyl groups excluding tert-OH is 1. The molecule has 1 aromatic rings. The molecule has 1 saturated heterocycles. The number of carbonyl (C=O) groups excluding carboxylic acids is 1. The molecule has 20 heavy (non-hydrogen) atoms. The lowest BCUT2D eigenvalue weighted by Crippen LogP contribution is -2.24. The quantitative estimate of drug-likeness (QED) is 0.900. The van der Waals surface area contributed by atoms with Crippen LogP contribution in [0.3, 0.4) is 0 Å². The van der Waals surface area contributed by atoms with Gasteiger partial charge in [-0.15, -0.1) is 0 Å². The van der Waals surface area contributed by atoms with Crippen LogP contribution in [0.15, 0.2) is 18.2 Å². The van der Waals surface area contributed by atoms with Crippen molar-refractivity contribution in [1.29, 1.82) is 0 Å². The van der Waals surface area contributed by atoms with Gasteiger partial charge in [-0.1, -0.05) is 6.07 Å². The second kappa shape index (κ2) is 5.07. The van der Waals surface area contributed by atoms with Crippen LogP contribution in [0.25, 0.3) is 0 Å². The van der Waals surface area contributed by atoms with Crippen molar-refractivity contribution in [3.63, 3.8) is 0 Å². The molecular formula is C15H20N2O3. The number of likely N-dealkylation sites (N-methyl/N-ethyl adjacent to an activating group) is 1. The number of aliphatic hydroxyl groups is 1. The number of methoxy groups -OCH3 is 1. The summed E-state index contributed by atoms with van der Waals surface area (Å²) in [7, 11) is 3.44. The number of benzene rings is 1. The first kappa shape index (κ1) is 13.4. The Kier molecular flexibility index (Phi) is 3.40. The molecule has 5 nitrogen and oxygen atoms in total. The van der Waals surface area contributed by atoms with Crippen LogP contribution >= 0.6 is 0 Å². The lowest BCUT2D eigenvalue weighted by molar-refractivity contribution is -0.125. The highest BCUT2D eigenvalue weighted by Crippen LogP contribution is 2.38. The van der Waals surface area contributed by atoms with Gasteiger partial charge in [0.15, 0.2) is 6.10 Å². The van der Waals surface area contributed by atoms with Crippen LogP contribution in [0.2, 0.25) is 0 Å². The van der Waals surface area contributed by atoms with E-state index in [0.29, 0.717) is 11.5 Å². The molecule has 2 aliphatic rings. The first-order chi connectivity index (χ1) is 9.61. The molecule has 1 aromatic carbocycles. The number of hydrogen-bond acceptors (Lipinski definition) is 4. The normalized spacial score (nSPS) is 25.4. The average Bonchev–Trinajstić information content (AvgIpc) is 3.00. The van der Waals surface area contributed by atoms with Crippen molar-refractivity contribution in [2.45, 2.75) is 12.5 Å². The summed E-state index contributed by atoms with van der Waals surface area (Å²) in [5.41, 5.74) is 2.63. The van der Waals surface area contributed by atoms with Crippen LogP contribution in [0.1, 0.15) is 18.1 Å². The van der Waals surface area contributed by atoms with E-state index < -0.39 is 6.10 Å². The monoisotopic (exact) mass is 276 g/mol. The van der Waals surface area contributed by atoms with Gasteiger partial charge in [0.1, 0.15) is 0 Å². The molecule has 1 amide bonds. The number of rotatable bonds is 3. The molecule has 0 radical (unpaired) electrons. The second-order valence-electron chi connectivity index (χ2n) is 5.60. The Bertz CT molecular complexity index is 532. The molecule has 0 aliphatic carbocycles. The molecule has 0 aromatic heterocycles. The zero-order valence-electron chi connectivity index (χ0n) is 11.9. The van der Waals surface area contributed by atoms with E-state index in [1.807, 2.05) is 18.2 Å². The van der Waals surface area contributed by atoms with Gasteiger partial charge in [-0.05, 0) is 18.6 Å². The molecule has 1 fully saturated rings. The topological polar surface area (TPSA) is 53.0 Å². The minimum Gasteiger partial charge on any atom is -0.384 e. The third kappa shape index (κ3) is 2.07. The fourth-order valence-corrected chi connectivity index (χ4v) is 3.12. The maximum atomic E-state index is 11.8. The Labute approximate surface area is 118 Å². The van der Waals surface area contributed by atoms with E-state index in [-0.39, 0.29) is 5.91 Å². The summed E-state index contributed by atoms with van der Waals surface area (Å²) in [6, 6.07) is 5.85. The zero-order chi connectivity index (χ0) is 14.3. The van der Waals surface area contributed by atoms with Crippen molar-refractivity contribution in [3.05, 3.63) is 23.8 Å². The van der Waals surface area contributed by atoms with E-state index >= 15 is 0 Å². The van der Waals surface area contributed by atoms with Gasteiger partial charge in [-0.3, -0.25) is 4.79 Å². The van der Waals surface area contributed by atoms with Crippen LogP contribution in [-0.2, 0) is 9.53 Å². The van der Waals surface area contributed by atoms with Crippen LogP contribution in [0.4, 0.5) is 11.4 Å². The van der Waals surface area contributed by atoms with Crippen LogP contribution < -0.4 is 9.80 Å². The highest BCUT2D eigenvalue weighted by atomic mass is 16.5. The van der Waals surface area contributed by atoms with E-state index in [4.69, 9.17) is 4.74 Å². The summed E-state index contributed by atoms with van der Waals surface area (Å²) >= 11 is 0. The van der Waals surface area contributed by atoms with E-state index in [0.717, 1.165) is 37.5 Å². The Hall–Kier alpha value is -1.59. The van der Waals surface area contributed by atoms with Crippen molar-refractivity contribution in [3.8, 4) is 0 Å². The van der Waals surface area contributed by atoms with Crippen molar-refractivity contribution in [2.24, 2.45) is 5.92 Å². The van der Waals surface area contributed by atoms with E-state index in [1.165, 1.54) is 4.90 Å². The molecule has 2 unspecified atom stereocenters. The van der Waals surface area contributed by atoms with Gasteiger partial charge in [-0.25, -0.2) is 0 Å². The van der Waals surface area contributed by atoms with Crippen LogP contribution in [0.5, 0.6) is 0 Å². The Morgan fingerprint density at radius 3 is 3.00 bits per heavy atom. The number of nitrogens with zero attached hydrogens (tertiary/aromatic N) is 2. The van der Waals surface area contributed by atoms with Gasteiger partial charge in [-0.2, -0.15) is 0 Å². The maximum Gasteiger partial charge on any atom is 0.260 e. The molecular weight excluding hydrogens is 256 g/mol. The predicted molar refractivity (Wildman–Crippen MR) is 77.0 cm³/mol. The lowest BCUT2D eigenvalue weighted by Gasteiger charge is -2.20. The molecule has 3 rings (SSSR count). The fraction of sp³-hybridized carbons (Fsp3) is 0.533. The highest BCUT2D eigenvalue weighted by Gasteiger charge is 2.34. The minimum atomic E-state index is -1.01. The molecule has 0 spiro atoms. The lowest BCUT2D eigenvalue weighted by atomic mass is 10.1. The van der Waals surface area contributed by atoms with E-state index in [2.05, 4.69) is 4.90 Å². The summed E-state index contributed by atoms with van der Waals surface area (Å²) in [5, 5.41) is 9.87. The number of ether oxygens (including phenoxy) is 1. The van der Waals surface area contributed by atoms with Crippen LogP contribution in [-0.4, -0.2) is 44.9 Å². The fourth-order valence-electron chi connectivity index (χ4n) is 3.12. The average molecular weight is 276 g/mol. The SMILES string of the molecule is COCC1CCN(c2ccc3c(c2)N(C)C(=O)C3O)C1. The summed E-state index contributed by atoms with van der Waals surface area (Å²) in [6.45, 7) is 2.78. The third-order valence-corrected chi connectivity index (χ3v) is 4.29. The molecule has 2 aliphatic heterocycles.